The summed E-state index contributed by atoms with van der Waals surface area (Å²) in [5.41, 5.74) is 8.70. The van der Waals surface area contributed by atoms with E-state index in [4.69, 9.17) is 5.73 Å². The molecule has 0 amide bonds. The van der Waals surface area contributed by atoms with E-state index in [-0.39, 0.29) is 5.92 Å². The summed E-state index contributed by atoms with van der Waals surface area (Å²) in [5, 5.41) is 5.30. The second-order valence-corrected chi connectivity index (χ2v) is 5.07. The lowest BCUT2D eigenvalue weighted by atomic mass is 10.2. The average molecular weight is 263 g/mol. The minimum absolute atomic E-state index is 0.271. The molecule has 0 fully saturated rings. The van der Waals surface area contributed by atoms with Crippen LogP contribution >= 0.6 is 11.3 Å². The summed E-state index contributed by atoms with van der Waals surface area (Å²) >= 11 is 1.61. The van der Waals surface area contributed by atoms with Gasteiger partial charge in [-0.3, -0.25) is 0 Å². The van der Waals surface area contributed by atoms with E-state index in [2.05, 4.69) is 25.6 Å². The normalized spacial score (nSPS) is 10.8. The lowest BCUT2D eigenvalue weighted by molar-refractivity contribution is 0.776. The predicted molar refractivity (Wildman–Crippen MR) is 74.8 cm³/mol. The van der Waals surface area contributed by atoms with E-state index in [9.17, 15) is 0 Å². The highest BCUT2D eigenvalue weighted by Crippen LogP contribution is 2.15. The molecule has 2 aromatic rings. The molecule has 3 N–H and O–H groups in total. The number of anilines is 2. The molecule has 0 aliphatic carbocycles. The minimum Gasteiger partial charge on any atom is -0.384 e. The van der Waals surface area contributed by atoms with Gasteiger partial charge in [0.1, 0.15) is 17.5 Å². The number of rotatable bonds is 5. The maximum absolute atomic E-state index is 5.76. The summed E-state index contributed by atoms with van der Waals surface area (Å²) in [7, 11) is 0. The third kappa shape index (κ3) is 3.40. The third-order valence-corrected chi connectivity index (χ3v) is 3.09. The van der Waals surface area contributed by atoms with Gasteiger partial charge in [0.05, 0.1) is 11.2 Å². The van der Waals surface area contributed by atoms with Gasteiger partial charge in [0.25, 0.3) is 0 Å². The molecule has 2 heterocycles. The summed E-state index contributed by atoms with van der Waals surface area (Å²) < 4.78 is 0. The Balaban J connectivity index is 1.96. The van der Waals surface area contributed by atoms with Crippen molar-refractivity contribution in [2.75, 3.05) is 17.6 Å². The van der Waals surface area contributed by atoms with Crippen LogP contribution in [0.3, 0.4) is 0 Å². The summed E-state index contributed by atoms with van der Waals surface area (Å²) in [5.74, 6) is 2.32. The third-order valence-electron chi connectivity index (χ3n) is 2.45. The zero-order chi connectivity index (χ0) is 13.0. The van der Waals surface area contributed by atoms with E-state index in [0.29, 0.717) is 5.82 Å². The molecule has 6 heteroatoms. The predicted octanol–water partition coefficient (Wildman–Crippen LogP) is 2.29. The monoisotopic (exact) mass is 263 g/mol. The average Bonchev–Trinajstić information content (AvgIpc) is 2.81. The fraction of sp³-hybridized carbons (Fsp3) is 0.417. The number of nitrogens with one attached hydrogen (secondary N) is 1. The maximum Gasteiger partial charge on any atom is 0.135 e. The highest BCUT2D eigenvalue weighted by atomic mass is 32.1. The van der Waals surface area contributed by atoms with Crippen molar-refractivity contribution >= 4 is 23.0 Å². The van der Waals surface area contributed by atoms with Crippen LogP contribution in [0.15, 0.2) is 17.0 Å². The van der Waals surface area contributed by atoms with Gasteiger partial charge in [0, 0.05) is 30.3 Å². The quantitative estimate of drug-likeness (QED) is 0.865. The summed E-state index contributed by atoms with van der Waals surface area (Å²) in [6, 6.07) is 1.76. The van der Waals surface area contributed by atoms with E-state index in [1.807, 2.05) is 19.4 Å². The minimum atomic E-state index is 0.271. The van der Waals surface area contributed by atoms with Crippen LogP contribution in [0.2, 0.25) is 0 Å². The first-order chi connectivity index (χ1) is 8.65. The molecule has 2 aromatic heterocycles. The topological polar surface area (TPSA) is 76.7 Å². The number of thiazole rings is 1. The Kier molecular flexibility index (Phi) is 4.09. The molecule has 0 spiro atoms. The van der Waals surface area contributed by atoms with Crippen molar-refractivity contribution in [2.45, 2.75) is 26.2 Å². The van der Waals surface area contributed by atoms with Crippen molar-refractivity contribution < 1.29 is 0 Å². The molecule has 5 nitrogen and oxygen atoms in total. The van der Waals surface area contributed by atoms with Crippen LogP contribution in [0.5, 0.6) is 0 Å². The van der Waals surface area contributed by atoms with Crippen LogP contribution in [-0.2, 0) is 6.42 Å². The molecule has 2 rings (SSSR count). The van der Waals surface area contributed by atoms with Crippen LogP contribution in [0, 0.1) is 0 Å². The van der Waals surface area contributed by atoms with Gasteiger partial charge in [-0.2, -0.15) is 0 Å². The van der Waals surface area contributed by atoms with Gasteiger partial charge in [-0.1, -0.05) is 13.8 Å². The number of nitrogens with zero attached hydrogens (tertiary/aromatic N) is 3. The summed E-state index contributed by atoms with van der Waals surface area (Å²) in [6.45, 7) is 4.89. The number of hydrogen-bond donors (Lipinski definition) is 2. The number of hydrogen-bond acceptors (Lipinski definition) is 6. The van der Waals surface area contributed by atoms with Crippen molar-refractivity contribution in [3.8, 4) is 0 Å². The zero-order valence-corrected chi connectivity index (χ0v) is 11.4. The standard InChI is InChI=1S/C12H17N5S/c1-8(2)12-16-10(13)5-11(17-12)14-4-3-9-6-18-7-15-9/h5-8H,3-4H2,1-2H3,(H3,13,14,16,17). The Morgan fingerprint density at radius 3 is 2.89 bits per heavy atom. The number of nitrogen functional groups attached to an aromatic ring is 1. The number of nitrogens with two attached hydrogens (primary N) is 1. The van der Waals surface area contributed by atoms with Crippen molar-refractivity contribution in [3.63, 3.8) is 0 Å². The van der Waals surface area contributed by atoms with Crippen LogP contribution in [0.4, 0.5) is 11.6 Å². The smallest absolute Gasteiger partial charge is 0.135 e. The Hall–Kier alpha value is -1.69. The van der Waals surface area contributed by atoms with Crippen LogP contribution in [-0.4, -0.2) is 21.5 Å². The van der Waals surface area contributed by atoms with Gasteiger partial charge in [-0.25, -0.2) is 15.0 Å². The second-order valence-electron chi connectivity index (χ2n) is 4.35. The summed E-state index contributed by atoms with van der Waals surface area (Å²) in [6.07, 6.45) is 0.879. The number of aromatic nitrogens is 3. The molecule has 0 saturated carbocycles. The molecule has 18 heavy (non-hydrogen) atoms. The first kappa shape index (κ1) is 12.8. The SMILES string of the molecule is CC(C)c1nc(N)cc(NCCc2cscn2)n1. The van der Waals surface area contributed by atoms with Crippen molar-refractivity contribution in [1.82, 2.24) is 15.0 Å². The van der Waals surface area contributed by atoms with Gasteiger partial charge in [0.2, 0.25) is 0 Å². The van der Waals surface area contributed by atoms with Crippen LogP contribution < -0.4 is 11.1 Å². The molecule has 0 aliphatic rings. The Morgan fingerprint density at radius 2 is 2.22 bits per heavy atom. The van der Waals surface area contributed by atoms with E-state index in [1.165, 1.54) is 0 Å². The molecule has 0 atom stereocenters. The fourth-order valence-electron chi connectivity index (χ4n) is 1.51. The van der Waals surface area contributed by atoms with Crippen molar-refractivity contribution in [3.05, 3.63) is 28.5 Å². The van der Waals surface area contributed by atoms with Crippen LogP contribution in [0.25, 0.3) is 0 Å². The zero-order valence-electron chi connectivity index (χ0n) is 10.6. The van der Waals surface area contributed by atoms with Gasteiger partial charge in [0.15, 0.2) is 0 Å². The molecule has 0 saturated heterocycles. The first-order valence-corrected chi connectivity index (χ1v) is 6.85. The van der Waals surface area contributed by atoms with E-state index < -0.39 is 0 Å². The Labute approximate surface area is 111 Å². The molecule has 0 aromatic carbocycles. The first-order valence-electron chi connectivity index (χ1n) is 5.90. The lowest BCUT2D eigenvalue weighted by Gasteiger charge is -2.09. The molecule has 0 unspecified atom stereocenters. The molecular formula is C12H17N5S. The highest BCUT2D eigenvalue weighted by Gasteiger charge is 2.06. The largest absolute Gasteiger partial charge is 0.384 e. The van der Waals surface area contributed by atoms with E-state index in [0.717, 1.165) is 30.3 Å². The fourth-order valence-corrected chi connectivity index (χ4v) is 2.11. The molecule has 0 bridgehead atoms. The maximum atomic E-state index is 5.76. The summed E-state index contributed by atoms with van der Waals surface area (Å²) in [4.78, 5) is 12.9. The molecule has 0 radical (unpaired) electrons. The Morgan fingerprint density at radius 1 is 1.39 bits per heavy atom. The van der Waals surface area contributed by atoms with Gasteiger partial charge < -0.3 is 11.1 Å². The molecule has 96 valence electrons. The van der Waals surface area contributed by atoms with Gasteiger partial charge >= 0.3 is 0 Å². The van der Waals surface area contributed by atoms with Gasteiger partial charge in [-0.05, 0) is 0 Å². The molecular weight excluding hydrogens is 246 g/mol. The second kappa shape index (κ2) is 5.77. The van der Waals surface area contributed by atoms with Crippen molar-refractivity contribution in [2.24, 2.45) is 0 Å². The van der Waals surface area contributed by atoms with Crippen LogP contribution in [0.1, 0.15) is 31.3 Å². The Bertz CT molecular complexity index is 495. The van der Waals surface area contributed by atoms with Crippen molar-refractivity contribution in [1.29, 1.82) is 0 Å². The highest BCUT2D eigenvalue weighted by molar-refractivity contribution is 7.07. The van der Waals surface area contributed by atoms with E-state index in [1.54, 1.807) is 17.4 Å². The lowest BCUT2D eigenvalue weighted by Crippen LogP contribution is -2.10. The van der Waals surface area contributed by atoms with E-state index >= 15 is 0 Å². The molecule has 0 aliphatic heterocycles. The van der Waals surface area contributed by atoms with Gasteiger partial charge in [-0.15, -0.1) is 11.3 Å².